The van der Waals surface area contributed by atoms with Crippen LogP contribution in [-0.4, -0.2) is 41.1 Å². The van der Waals surface area contributed by atoms with Crippen LogP contribution in [0.2, 0.25) is 0 Å². The molecule has 0 radical (unpaired) electrons. The average Bonchev–Trinajstić information content (AvgIpc) is 3.35. The second-order valence-corrected chi connectivity index (χ2v) is 7.66. The summed E-state index contributed by atoms with van der Waals surface area (Å²) in [6, 6.07) is 7.36. The minimum Gasteiger partial charge on any atom is -0.353 e. The van der Waals surface area contributed by atoms with Crippen molar-refractivity contribution in [3.63, 3.8) is 0 Å². The normalized spacial score (nSPS) is 25.2. The molecule has 2 amide bonds. The van der Waals surface area contributed by atoms with Crippen LogP contribution in [-0.2, 0) is 9.53 Å². The van der Waals surface area contributed by atoms with Crippen LogP contribution in [0.3, 0.4) is 0 Å². The quantitative estimate of drug-likeness (QED) is 0.919. The number of hydrogen-bond donors (Lipinski definition) is 1. The largest absolute Gasteiger partial charge is 0.353 e. The molecule has 1 unspecified atom stereocenters. The zero-order valence-electron chi connectivity index (χ0n) is 14.8. The van der Waals surface area contributed by atoms with Crippen molar-refractivity contribution in [3.8, 4) is 0 Å². The van der Waals surface area contributed by atoms with Gasteiger partial charge in [0.2, 0.25) is 5.91 Å². The first kappa shape index (κ1) is 16.6. The van der Waals surface area contributed by atoms with E-state index in [1.165, 1.54) is 0 Å². The Morgan fingerprint density at radius 3 is 2.64 bits per heavy atom. The van der Waals surface area contributed by atoms with Crippen LogP contribution in [0, 0.1) is 6.92 Å². The summed E-state index contributed by atoms with van der Waals surface area (Å²) in [5.41, 5.74) is 1.08. The number of nitrogens with one attached hydrogen (secondary N) is 1. The fraction of sp³-hybridized carbons (Fsp3) is 0.600. The summed E-state index contributed by atoms with van der Waals surface area (Å²) in [7, 11) is 0. The standard InChI is InChI=1S/C20H26N2O3/c1-14-6-5-7-15(12-14)19(24)22-17(18(23)21-16-8-9-16)13-25-20(22)10-3-2-4-11-20/h5-7,12,16-17H,2-4,8-11,13H2,1H3,(H,21,23). The van der Waals surface area contributed by atoms with Crippen LogP contribution in [0.15, 0.2) is 24.3 Å². The van der Waals surface area contributed by atoms with Crippen molar-refractivity contribution in [1.29, 1.82) is 0 Å². The first-order valence-corrected chi connectivity index (χ1v) is 9.44. The summed E-state index contributed by atoms with van der Waals surface area (Å²) in [5.74, 6) is -0.148. The molecule has 4 rings (SSSR count). The smallest absolute Gasteiger partial charge is 0.256 e. The molecule has 0 aromatic heterocycles. The highest BCUT2D eigenvalue weighted by molar-refractivity contribution is 5.98. The lowest BCUT2D eigenvalue weighted by Crippen LogP contribution is -2.56. The molecule has 1 saturated heterocycles. The van der Waals surface area contributed by atoms with Gasteiger partial charge in [0.1, 0.15) is 11.8 Å². The molecule has 1 N–H and O–H groups in total. The van der Waals surface area contributed by atoms with E-state index in [2.05, 4.69) is 5.32 Å². The molecule has 1 aliphatic heterocycles. The molecule has 1 aromatic carbocycles. The summed E-state index contributed by atoms with van der Waals surface area (Å²) in [5, 5.41) is 3.05. The predicted molar refractivity (Wildman–Crippen MR) is 94.1 cm³/mol. The van der Waals surface area contributed by atoms with E-state index in [1.807, 2.05) is 31.2 Å². The van der Waals surface area contributed by atoms with Crippen molar-refractivity contribution < 1.29 is 14.3 Å². The Kier molecular flexibility index (Phi) is 4.28. The van der Waals surface area contributed by atoms with Crippen molar-refractivity contribution in [2.45, 2.75) is 69.7 Å². The highest BCUT2D eigenvalue weighted by Crippen LogP contribution is 2.41. The Labute approximate surface area is 148 Å². The highest BCUT2D eigenvalue weighted by atomic mass is 16.5. The Hall–Kier alpha value is -1.88. The van der Waals surface area contributed by atoms with E-state index in [0.717, 1.165) is 50.5 Å². The molecule has 1 atom stereocenters. The number of aryl methyl sites for hydroxylation is 1. The van der Waals surface area contributed by atoms with Gasteiger partial charge in [-0.2, -0.15) is 0 Å². The van der Waals surface area contributed by atoms with Gasteiger partial charge in [-0.3, -0.25) is 14.5 Å². The topological polar surface area (TPSA) is 58.6 Å². The van der Waals surface area contributed by atoms with E-state index in [4.69, 9.17) is 4.74 Å². The van der Waals surface area contributed by atoms with Crippen molar-refractivity contribution in [1.82, 2.24) is 10.2 Å². The fourth-order valence-electron chi connectivity index (χ4n) is 4.11. The molecule has 134 valence electrons. The number of hydrogen-bond acceptors (Lipinski definition) is 3. The van der Waals surface area contributed by atoms with Crippen LogP contribution in [0.4, 0.5) is 0 Å². The average molecular weight is 342 g/mol. The van der Waals surface area contributed by atoms with Crippen molar-refractivity contribution in [3.05, 3.63) is 35.4 Å². The number of rotatable bonds is 3. The van der Waals surface area contributed by atoms with E-state index >= 15 is 0 Å². The molecular weight excluding hydrogens is 316 g/mol. The molecule has 2 saturated carbocycles. The zero-order chi connectivity index (χ0) is 17.4. The lowest BCUT2D eigenvalue weighted by molar-refractivity contribution is -0.127. The van der Waals surface area contributed by atoms with Gasteiger partial charge in [0.25, 0.3) is 5.91 Å². The van der Waals surface area contributed by atoms with Gasteiger partial charge in [-0.25, -0.2) is 0 Å². The predicted octanol–water partition coefficient (Wildman–Crippen LogP) is 2.78. The summed E-state index contributed by atoms with van der Waals surface area (Å²) in [4.78, 5) is 27.9. The number of carbonyl (C=O) groups is 2. The van der Waals surface area contributed by atoms with Crippen LogP contribution < -0.4 is 5.32 Å². The summed E-state index contributed by atoms with van der Waals surface area (Å²) < 4.78 is 6.15. The molecule has 0 bridgehead atoms. The molecule has 25 heavy (non-hydrogen) atoms. The number of nitrogens with zero attached hydrogens (tertiary/aromatic N) is 1. The fourth-order valence-corrected chi connectivity index (χ4v) is 4.11. The lowest BCUT2D eigenvalue weighted by Gasteiger charge is -2.41. The Balaban J connectivity index is 1.65. The minimum atomic E-state index is -0.607. The highest BCUT2D eigenvalue weighted by Gasteiger charge is 2.53. The maximum absolute atomic E-state index is 13.4. The molecule has 1 heterocycles. The number of benzene rings is 1. The lowest BCUT2D eigenvalue weighted by atomic mass is 9.89. The third-order valence-electron chi connectivity index (χ3n) is 5.61. The van der Waals surface area contributed by atoms with Gasteiger partial charge in [0.15, 0.2) is 0 Å². The molecular formula is C20H26N2O3. The van der Waals surface area contributed by atoms with Crippen molar-refractivity contribution >= 4 is 11.8 Å². The van der Waals surface area contributed by atoms with Gasteiger partial charge in [-0.15, -0.1) is 0 Å². The summed E-state index contributed by atoms with van der Waals surface area (Å²) >= 11 is 0. The maximum Gasteiger partial charge on any atom is 0.256 e. The van der Waals surface area contributed by atoms with Gasteiger partial charge < -0.3 is 10.1 Å². The van der Waals surface area contributed by atoms with Crippen LogP contribution in [0.25, 0.3) is 0 Å². The van der Waals surface area contributed by atoms with E-state index in [9.17, 15) is 9.59 Å². The van der Waals surface area contributed by atoms with E-state index < -0.39 is 11.8 Å². The third kappa shape index (κ3) is 3.17. The summed E-state index contributed by atoms with van der Waals surface area (Å²) in [6.07, 6.45) is 6.95. The van der Waals surface area contributed by atoms with Crippen LogP contribution in [0.5, 0.6) is 0 Å². The second-order valence-electron chi connectivity index (χ2n) is 7.66. The molecule has 5 nitrogen and oxygen atoms in total. The van der Waals surface area contributed by atoms with Crippen LogP contribution >= 0.6 is 0 Å². The van der Waals surface area contributed by atoms with E-state index in [1.54, 1.807) is 4.90 Å². The van der Waals surface area contributed by atoms with E-state index in [0.29, 0.717) is 12.2 Å². The molecule has 5 heteroatoms. The summed E-state index contributed by atoms with van der Waals surface area (Å²) in [6.45, 7) is 2.28. The minimum absolute atomic E-state index is 0.0639. The Bertz CT molecular complexity index is 677. The third-order valence-corrected chi connectivity index (χ3v) is 5.61. The molecule has 1 spiro atoms. The van der Waals surface area contributed by atoms with Crippen LogP contribution in [0.1, 0.15) is 60.9 Å². The number of amides is 2. The Morgan fingerprint density at radius 1 is 1.20 bits per heavy atom. The zero-order valence-corrected chi connectivity index (χ0v) is 14.8. The van der Waals surface area contributed by atoms with Gasteiger partial charge in [-0.1, -0.05) is 24.1 Å². The maximum atomic E-state index is 13.4. The van der Waals surface area contributed by atoms with Gasteiger partial charge >= 0.3 is 0 Å². The monoisotopic (exact) mass is 342 g/mol. The SMILES string of the molecule is Cc1cccc(C(=O)N2C(C(=O)NC3CC3)COC23CCCCC3)c1. The molecule has 3 aliphatic rings. The number of ether oxygens (including phenoxy) is 1. The molecule has 1 aromatic rings. The molecule has 3 fully saturated rings. The Morgan fingerprint density at radius 2 is 1.96 bits per heavy atom. The first-order valence-electron chi connectivity index (χ1n) is 9.44. The molecule has 2 aliphatic carbocycles. The van der Waals surface area contributed by atoms with Gasteiger partial charge in [0, 0.05) is 11.6 Å². The van der Waals surface area contributed by atoms with Gasteiger partial charge in [0.05, 0.1) is 6.61 Å². The van der Waals surface area contributed by atoms with Crippen molar-refractivity contribution in [2.75, 3.05) is 6.61 Å². The van der Waals surface area contributed by atoms with Crippen molar-refractivity contribution in [2.24, 2.45) is 0 Å². The first-order chi connectivity index (χ1) is 12.1. The second kappa shape index (κ2) is 6.45. The number of carbonyl (C=O) groups excluding carboxylic acids is 2. The van der Waals surface area contributed by atoms with Gasteiger partial charge in [-0.05, 0) is 57.6 Å². The van der Waals surface area contributed by atoms with E-state index in [-0.39, 0.29) is 17.9 Å².